The number of methoxy groups -OCH3 is 1. The van der Waals surface area contributed by atoms with Gasteiger partial charge in [0.25, 0.3) is 5.91 Å². The molecule has 0 radical (unpaired) electrons. The van der Waals surface area contributed by atoms with Crippen molar-refractivity contribution in [3.63, 3.8) is 0 Å². The van der Waals surface area contributed by atoms with E-state index in [0.717, 1.165) is 5.75 Å². The van der Waals surface area contributed by atoms with Crippen LogP contribution in [0.15, 0.2) is 18.2 Å². The summed E-state index contributed by atoms with van der Waals surface area (Å²) in [6.45, 7) is 0.637. The van der Waals surface area contributed by atoms with Gasteiger partial charge in [-0.1, -0.05) is 35.6 Å². The Bertz CT molecular complexity index is 479. The van der Waals surface area contributed by atoms with E-state index in [4.69, 9.17) is 28.6 Å². The molecule has 0 N–H and O–H groups in total. The van der Waals surface area contributed by atoms with Crippen molar-refractivity contribution in [1.29, 1.82) is 0 Å². The smallest absolute Gasteiger partial charge is 0.263 e. The van der Waals surface area contributed by atoms with E-state index < -0.39 is 0 Å². The van der Waals surface area contributed by atoms with Gasteiger partial charge in [0, 0.05) is 17.3 Å². The molecule has 1 aliphatic rings. The molecule has 0 aromatic heterocycles. The van der Waals surface area contributed by atoms with Crippen molar-refractivity contribution in [2.24, 2.45) is 0 Å². The molecule has 1 aromatic rings. The van der Waals surface area contributed by atoms with Crippen molar-refractivity contribution < 1.29 is 9.53 Å². The molecule has 1 amide bonds. The number of thioether (sulfide) groups is 1. The number of amides is 1. The molecule has 0 saturated carbocycles. The minimum atomic E-state index is -0.153. The number of nitrogens with zero attached hydrogens (tertiary/aromatic N) is 1. The molecule has 0 atom stereocenters. The lowest BCUT2D eigenvalue weighted by Gasteiger charge is -2.16. The van der Waals surface area contributed by atoms with Gasteiger partial charge in [-0.05, 0) is 18.2 Å². The molecular weight excluding hydrogens is 278 g/mol. The van der Waals surface area contributed by atoms with Crippen molar-refractivity contribution >= 4 is 45.8 Å². The second-order valence-corrected chi connectivity index (χ2v) is 5.58. The van der Waals surface area contributed by atoms with E-state index in [2.05, 4.69) is 0 Å². The van der Waals surface area contributed by atoms with Crippen LogP contribution in [0.4, 0.5) is 0 Å². The van der Waals surface area contributed by atoms with Crippen molar-refractivity contribution in [2.45, 2.75) is 0 Å². The summed E-state index contributed by atoms with van der Waals surface area (Å²) in [5.74, 6) is 1.20. The maximum absolute atomic E-state index is 12.3. The molecule has 3 nitrogen and oxygen atoms in total. The van der Waals surface area contributed by atoms with Crippen LogP contribution in [0.25, 0.3) is 0 Å². The molecule has 0 spiro atoms. The fraction of sp³-hybridized carbons (Fsp3) is 0.273. The zero-order valence-corrected chi connectivity index (χ0v) is 11.5. The third kappa shape index (κ3) is 2.56. The van der Waals surface area contributed by atoms with Crippen molar-refractivity contribution in [1.82, 2.24) is 4.90 Å². The molecule has 1 fully saturated rings. The van der Waals surface area contributed by atoms with E-state index >= 15 is 0 Å². The minimum Gasteiger partial charge on any atom is -0.496 e. The summed E-state index contributed by atoms with van der Waals surface area (Å²) in [6, 6.07) is 4.98. The van der Waals surface area contributed by atoms with Gasteiger partial charge in [0.1, 0.15) is 10.1 Å². The molecule has 90 valence electrons. The molecule has 0 unspecified atom stereocenters. The summed E-state index contributed by atoms with van der Waals surface area (Å²) in [5.41, 5.74) is 0.449. The Hall–Kier alpha value is -0.780. The maximum atomic E-state index is 12.3. The van der Waals surface area contributed by atoms with Crippen LogP contribution in [0.1, 0.15) is 10.4 Å². The quantitative estimate of drug-likeness (QED) is 0.783. The van der Waals surface area contributed by atoms with Gasteiger partial charge < -0.3 is 4.74 Å². The van der Waals surface area contributed by atoms with Crippen molar-refractivity contribution in [3.8, 4) is 5.75 Å². The summed E-state index contributed by atoms with van der Waals surface area (Å²) < 4.78 is 5.77. The number of halogens is 1. The highest BCUT2D eigenvalue weighted by Crippen LogP contribution is 2.27. The van der Waals surface area contributed by atoms with Crippen LogP contribution in [-0.2, 0) is 0 Å². The number of rotatable bonds is 2. The normalized spacial score (nSPS) is 15.2. The number of carbonyl (C=O) groups excluding carboxylic acids is 1. The zero-order valence-electron chi connectivity index (χ0n) is 9.10. The molecule has 2 rings (SSSR count). The lowest BCUT2D eigenvalue weighted by Crippen LogP contribution is -2.30. The first kappa shape index (κ1) is 12.7. The number of carbonyl (C=O) groups is 1. The molecule has 1 aliphatic heterocycles. The molecule has 0 aliphatic carbocycles. The Kier molecular flexibility index (Phi) is 3.91. The van der Waals surface area contributed by atoms with Crippen LogP contribution in [0.3, 0.4) is 0 Å². The summed E-state index contributed by atoms with van der Waals surface area (Å²) in [4.78, 5) is 13.9. The second-order valence-electron chi connectivity index (χ2n) is 3.42. The fourth-order valence-electron chi connectivity index (χ4n) is 1.57. The lowest BCUT2D eigenvalue weighted by molar-refractivity contribution is 0.0858. The first-order chi connectivity index (χ1) is 8.13. The Labute approximate surface area is 114 Å². The predicted octanol–water partition coefficient (Wildman–Crippen LogP) is 2.82. The van der Waals surface area contributed by atoms with Crippen LogP contribution in [0.2, 0.25) is 5.02 Å². The number of hydrogen-bond donors (Lipinski definition) is 0. The van der Waals surface area contributed by atoms with Crippen LogP contribution in [-0.4, -0.2) is 34.5 Å². The second kappa shape index (κ2) is 5.25. The van der Waals surface area contributed by atoms with Crippen LogP contribution in [0.5, 0.6) is 5.75 Å². The van der Waals surface area contributed by atoms with E-state index in [1.54, 1.807) is 23.1 Å². The predicted molar refractivity (Wildman–Crippen MR) is 74.1 cm³/mol. The van der Waals surface area contributed by atoms with Crippen molar-refractivity contribution in [2.75, 3.05) is 19.4 Å². The molecule has 1 saturated heterocycles. The maximum Gasteiger partial charge on any atom is 0.263 e. The average Bonchev–Trinajstić information content (AvgIpc) is 2.74. The Morgan fingerprint density at radius 1 is 1.59 bits per heavy atom. The highest BCUT2D eigenvalue weighted by atomic mass is 35.5. The van der Waals surface area contributed by atoms with Crippen molar-refractivity contribution in [3.05, 3.63) is 28.8 Å². The van der Waals surface area contributed by atoms with Gasteiger partial charge in [0.15, 0.2) is 0 Å². The molecule has 1 heterocycles. The Balaban J connectivity index is 2.35. The van der Waals surface area contributed by atoms with Crippen LogP contribution >= 0.6 is 35.6 Å². The molecule has 6 heteroatoms. The Morgan fingerprint density at radius 2 is 2.35 bits per heavy atom. The van der Waals surface area contributed by atoms with Gasteiger partial charge in [-0.3, -0.25) is 9.69 Å². The zero-order chi connectivity index (χ0) is 12.4. The fourth-order valence-corrected chi connectivity index (χ4v) is 2.95. The topological polar surface area (TPSA) is 29.5 Å². The molecule has 17 heavy (non-hydrogen) atoms. The lowest BCUT2D eigenvalue weighted by atomic mass is 10.2. The van der Waals surface area contributed by atoms with Gasteiger partial charge >= 0.3 is 0 Å². The average molecular weight is 288 g/mol. The first-order valence-electron chi connectivity index (χ1n) is 4.95. The van der Waals surface area contributed by atoms with Crippen LogP contribution in [0, 0.1) is 0 Å². The highest BCUT2D eigenvalue weighted by Gasteiger charge is 2.27. The van der Waals surface area contributed by atoms with Gasteiger partial charge in [-0.15, -0.1) is 0 Å². The summed E-state index contributed by atoms with van der Waals surface area (Å²) in [7, 11) is 1.52. The third-order valence-electron chi connectivity index (χ3n) is 2.40. The standard InChI is InChI=1S/C11H10ClNO2S2/c1-15-9-3-2-7(12)6-8(9)10(14)13-4-5-17-11(13)16/h2-3,6H,4-5H2,1H3. The van der Waals surface area contributed by atoms with E-state index in [0.29, 0.717) is 27.2 Å². The minimum absolute atomic E-state index is 0.153. The summed E-state index contributed by atoms with van der Waals surface area (Å²) in [6.07, 6.45) is 0. The van der Waals surface area contributed by atoms with Gasteiger partial charge in [-0.25, -0.2) is 0 Å². The van der Waals surface area contributed by atoms with E-state index in [1.807, 2.05) is 0 Å². The van der Waals surface area contributed by atoms with Gasteiger partial charge in [0.05, 0.1) is 12.7 Å². The number of ether oxygens (including phenoxy) is 1. The first-order valence-corrected chi connectivity index (χ1v) is 6.73. The Morgan fingerprint density at radius 3 is 2.94 bits per heavy atom. The monoisotopic (exact) mass is 287 g/mol. The molecule has 0 bridgehead atoms. The molecule has 1 aromatic carbocycles. The largest absolute Gasteiger partial charge is 0.496 e. The SMILES string of the molecule is COc1ccc(Cl)cc1C(=O)N1CCSC1=S. The summed E-state index contributed by atoms with van der Waals surface area (Å²) >= 11 is 12.5. The van der Waals surface area contributed by atoms with E-state index in [9.17, 15) is 4.79 Å². The highest BCUT2D eigenvalue weighted by molar-refractivity contribution is 8.23. The summed E-state index contributed by atoms with van der Waals surface area (Å²) in [5, 5.41) is 0.506. The van der Waals surface area contributed by atoms with E-state index in [-0.39, 0.29) is 5.91 Å². The number of benzene rings is 1. The number of hydrogen-bond acceptors (Lipinski definition) is 4. The van der Waals surface area contributed by atoms with Gasteiger partial charge in [-0.2, -0.15) is 0 Å². The van der Waals surface area contributed by atoms with Crippen LogP contribution < -0.4 is 4.74 Å². The van der Waals surface area contributed by atoms with E-state index in [1.165, 1.54) is 18.9 Å². The third-order valence-corrected chi connectivity index (χ3v) is 4.06. The van der Waals surface area contributed by atoms with Gasteiger partial charge in [0.2, 0.25) is 0 Å². The number of thiocarbonyl (C=S) groups is 1. The molecular formula is C11H10ClNO2S2.